The average Bonchev–Trinajstić information content (AvgIpc) is 2.69. The Morgan fingerprint density at radius 1 is 1.08 bits per heavy atom. The molecule has 0 bridgehead atoms. The highest BCUT2D eigenvalue weighted by molar-refractivity contribution is 5.64. The fraction of sp³-hybridized carbons (Fsp3) is 0.381. The number of amides is 1. The molecule has 5 nitrogen and oxygen atoms in total. The Labute approximate surface area is 154 Å². The van der Waals surface area contributed by atoms with Crippen LogP contribution in [-0.4, -0.2) is 25.6 Å². The minimum Gasteiger partial charge on any atom is -0.445 e. The first-order valence-electron chi connectivity index (χ1n) is 9.01. The standard InChI is InChI=1S/C21H25NO4/c22-21(23)26-14-16-9-11-18(12-10-16)19(17-6-2-1-3-7-17)15-25-20-8-4-5-13-24-20/h1-3,6-7,9-12,19-20H,4-5,8,13-15H2,(H2,22,23). The first-order valence-corrected chi connectivity index (χ1v) is 9.01. The molecule has 2 atom stereocenters. The summed E-state index contributed by atoms with van der Waals surface area (Å²) in [5.74, 6) is 0.118. The van der Waals surface area contributed by atoms with E-state index in [9.17, 15) is 4.79 Å². The van der Waals surface area contributed by atoms with E-state index in [0.29, 0.717) is 6.61 Å². The van der Waals surface area contributed by atoms with Crippen molar-refractivity contribution in [1.82, 2.24) is 0 Å². The summed E-state index contributed by atoms with van der Waals surface area (Å²) in [5, 5.41) is 0. The van der Waals surface area contributed by atoms with Gasteiger partial charge in [0, 0.05) is 12.5 Å². The maximum absolute atomic E-state index is 10.7. The topological polar surface area (TPSA) is 70.8 Å². The molecule has 0 aliphatic carbocycles. The van der Waals surface area contributed by atoms with Crippen LogP contribution >= 0.6 is 0 Å². The summed E-state index contributed by atoms with van der Waals surface area (Å²) in [4.78, 5) is 10.7. The second kappa shape index (κ2) is 9.36. The summed E-state index contributed by atoms with van der Waals surface area (Å²) >= 11 is 0. The lowest BCUT2D eigenvalue weighted by Gasteiger charge is -2.26. The molecule has 1 aliphatic heterocycles. The van der Waals surface area contributed by atoms with E-state index < -0.39 is 6.09 Å². The Balaban J connectivity index is 1.71. The zero-order valence-electron chi connectivity index (χ0n) is 14.8. The lowest BCUT2D eigenvalue weighted by molar-refractivity contribution is -0.163. The van der Waals surface area contributed by atoms with Gasteiger partial charge in [0.25, 0.3) is 0 Å². The van der Waals surface area contributed by atoms with Gasteiger partial charge >= 0.3 is 6.09 Å². The molecule has 0 saturated carbocycles. The van der Waals surface area contributed by atoms with Gasteiger partial charge in [-0.2, -0.15) is 0 Å². The van der Waals surface area contributed by atoms with Crippen LogP contribution < -0.4 is 5.73 Å². The minimum atomic E-state index is -0.767. The molecule has 3 rings (SSSR count). The summed E-state index contributed by atoms with van der Waals surface area (Å²) in [7, 11) is 0. The molecule has 1 fully saturated rings. The first-order chi connectivity index (χ1) is 12.7. The number of primary amides is 1. The lowest BCUT2D eigenvalue weighted by Crippen LogP contribution is -2.24. The van der Waals surface area contributed by atoms with Crippen LogP contribution in [0.5, 0.6) is 0 Å². The van der Waals surface area contributed by atoms with Crippen LogP contribution in [0.25, 0.3) is 0 Å². The van der Waals surface area contributed by atoms with Crippen molar-refractivity contribution >= 4 is 6.09 Å². The smallest absolute Gasteiger partial charge is 0.404 e. The van der Waals surface area contributed by atoms with E-state index in [2.05, 4.69) is 12.1 Å². The summed E-state index contributed by atoms with van der Waals surface area (Å²) in [6.45, 7) is 1.51. The SMILES string of the molecule is NC(=O)OCc1ccc(C(COC2CCCCO2)c2ccccc2)cc1. The van der Waals surface area contributed by atoms with E-state index in [1.807, 2.05) is 42.5 Å². The molecule has 5 heteroatoms. The van der Waals surface area contributed by atoms with E-state index in [1.165, 1.54) is 5.56 Å². The highest BCUT2D eigenvalue weighted by atomic mass is 16.7. The van der Waals surface area contributed by atoms with E-state index >= 15 is 0 Å². The van der Waals surface area contributed by atoms with Crippen molar-refractivity contribution in [1.29, 1.82) is 0 Å². The van der Waals surface area contributed by atoms with Crippen molar-refractivity contribution < 1.29 is 19.0 Å². The molecule has 138 valence electrons. The minimum absolute atomic E-state index is 0.113. The van der Waals surface area contributed by atoms with Crippen LogP contribution in [0.15, 0.2) is 54.6 Å². The van der Waals surface area contributed by atoms with E-state index in [4.69, 9.17) is 19.9 Å². The number of nitrogens with two attached hydrogens (primary N) is 1. The Kier molecular flexibility index (Phi) is 6.63. The molecule has 0 aromatic heterocycles. The van der Waals surface area contributed by atoms with E-state index in [-0.39, 0.29) is 18.8 Å². The van der Waals surface area contributed by atoms with Crippen molar-refractivity contribution in [2.24, 2.45) is 5.73 Å². The molecule has 2 aromatic carbocycles. The number of hydrogen-bond acceptors (Lipinski definition) is 4. The maximum Gasteiger partial charge on any atom is 0.404 e. The second-order valence-electron chi connectivity index (χ2n) is 6.44. The van der Waals surface area contributed by atoms with Gasteiger partial charge in [0.15, 0.2) is 6.29 Å². The van der Waals surface area contributed by atoms with Crippen molar-refractivity contribution in [3.8, 4) is 0 Å². The number of carbonyl (C=O) groups is 1. The molecule has 2 unspecified atom stereocenters. The van der Waals surface area contributed by atoms with Gasteiger partial charge in [-0.05, 0) is 36.0 Å². The largest absolute Gasteiger partial charge is 0.445 e. The van der Waals surface area contributed by atoms with Crippen molar-refractivity contribution in [2.75, 3.05) is 13.2 Å². The van der Waals surface area contributed by atoms with Gasteiger partial charge in [-0.1, -0.05) is 54.6 Å². The first kappa shape index (κ1) is 18.4. The highest BCUT2D eigenvalue weighted by Gasteiger charge is 2.19. The van der Waals surface area contributed by atoms with Crippen LogP contribution in [0.1, 0.15) is 41.9 Å². The molecule has 1 saturated heterocycles. The molecule has 1 heterocycles. The van der Waals surface area contributed by atoms with Gasteiger partial charge in [0.1, 0.15) is 6.61 Å². The normalized spacial score (nSPS) is 18.2. The molecule has 26 heavy (non-hydrogen) atoms. The van der Waals surface area contributed by atoms with Gasteiger partial charge in [0.05, 0.1) is 6.61 Å². The van der Waals surface area contributed by atoms with Crippen molar-refractivity contribution in [2.45, 2.75) is 38.1 Å². The summed E-state index contributed by atoms with van der Waals surface area (Å²) in [6, 6.07) is 18.3. The molecule has 1 amide bonds. The number of ether oxygens (including phenoxy) is 3. The van der Waals surface area contributed by atoms with E-state index in [1.54, 1.807) is 0 Å². The zero-order chi connectivity index (χ0) is 18.2. The Bertz CT molecular complexity index is 681. The van der Waals surface area contributed by atoms with Crippen molar-refractivity contribution in [3.05, 3.63) is 71.3 Å². The van der Waals surface area contributed by atoms with Gasteiger partial charge in [-0.3, -0.25) is 0 Å². The summed E-state index contributed by atoms with van der Waals surface area (Å²) in [5.41, 5.74) is 8.26. The number of rotatable bonds is 7. The fourth-order valence-corrected chi connectivity index (χ4v) is 3.12. The van der Waals surface area contributed by atoms with Crippen molar-refractivity contribution in [3.63, 3.8) is 0 Å². The molecular formula is C21H25NO4. The molecular weight excluding hydrogens is 330 g/mol. The molecule has 0 spiro atoms. The second-order valence-corrected chi connectivity index (χ2v) is 6.44. The summed E-state index contributed by atoms with van der Waals surface area (Å²) < 4.78 is 16.6. The van der Waals surface area contributed by atoms with Crippen LogP contribution in [0.3, 0.4) is 0 Å². The van der Waals surface area contributed by atoms with Crippen LogP contribution in [0, 0.1) is 0 Å². The van der Waals surface area contributed by atoms with Crippen LogP contribution in [0.4, 0.5) is 4.79 Å². The number of benzene rings is 2. The predicted molar refractivity (Wildman–Crippen MR) is 98.6 cm³/mol. The zero-order valence-corrected chi connectivity index (χ0v) is 14.8. The third kappa shape index (κ3) is 5.31. The van der Waals surface area contributed by atoms with Gasteiger partial charge in [-0.25, -0.2) is 4.79 Å². The Morgan fingerprint density at radius 2 is 1.81 bits per heavy atom. The molecule has 2 N–H and O–H groups in total. The number of carbonyl (C=O) groups excluding carboxylic acids is 1. The molecule has 0 radical (unpaired) electrons. The quantitative estimate of drug-likeness (QED) is 0.816. The highest BCUT2D eigenvalue weighted by Crippen LogP contribution is 2.27. The van der Waals surface area contributed by atoms with Gasteiger partial charge in [-0.15, -0.1) is 0 Å². The predicted octanol–water partition coefficient (Wildman–Crippen LogP) is 3.96. The Morgan fingerprint density at radius 3 is 2.46 bits per heavy atom. The summed E-state index contributed by atoms with van der Waals surface area (Å²) in [6.07, 6.45) is 2.33. The van der Waals surface area contributed by atoms with Gasteiger partial charge in [0.2, 0.25) is 0 Å². The maximum atomic E-state index is 10.7. The molecule has 1 aliphatic rings. The number of hydrogen-bond donors (Lipinski definition) is 1. The van der Waals surface area contributed by atoms with E-state index in [0.717, 1.165) is 37.0 Å². The fourth-order valence-electron chi connectivity index (χ4n) is 3.12. The van der Waals surface area contributed by atoms with Gasteiger partial charge < -0.3 is 19.9 Å². The average molecular weight is 355 g/mol. The third-order valence-electron chi connectivity index (χ3n) is 4.55. The third-order valence-corrected chi connectivity index (χ3v) is 4.55. The molecule has 2 aromatic rings. The van der Waals surface area contributed by atoms with Crippen LogP contribution in [0.2, 0.25) is 0 Å². The Hall–Kier alpha value is -2.37. The lowest BCUT2D eigenvalue weighted by atomic mass is 9.91. The van der Waals surface area contributed by atoms with Crippen LogP contribution in [-0.2, 0) is 20.8 Å². The monoisotopic (exact) mass is 355 g/mol.